The van der Waals surface area contributed by atoms with Gasteiger partial charge >= 0.3 is 0 Å². The Morgan fingerprint density at radius 1 is 1.00 bits per heavy atom. The SMILES string of the molecule is CCCCCCCN1CC(CC)NCC1CCC. The molecule has 1 aliphatic heterocycles. The van der Waals surface area contributed by atoms with E-state index in [0.717, 1.165) is 12.1 Å². The van der Waals surface area contributed by atoms with Crippen molar-refractivity contribution >= 4 is 0 Å². The molecule has 0 bridgehead atoms. The zero-order valence-corrected chi connectivity index (χ0v) is 12.9. The Morgan fingerprint density at radius 3 is 2.44 bits per heavy atom. The zero-order chi connectivity index (χ0) is 13.2. The molecule has 0 saturated carbocycles. The molecule has 0 aliphatic carbocycles. The van der Waals surface area contributed by atoms with E-state index >= 15 is 0 Å². The summed E-state index contributed by atoms with van der Waals surface area (Å²) < 4.78 is 0. The van der Waals surface area contributed by atoms with E-state index in [9.17, 15) is 0 Å². The van der Waals surface area contributed by atoms with Crippen LogP contribution in [0.25, 0.3) is 0 Å². The fourth-order valence-corrected chi connectivity index (χ4v) is 3.01. The van der Waals surface area contributed by atoms with Gasteiger partial charge in [0.1, 0.15) is 0 Å². The molecule has 1 N–H and O–H groups in total. The van der Waals surface area contributed by atoms with Gasteiger partial charge in [-0.05, 0) is 25.8 Å². The van der Waals surface area contributed by atoms with Crippen molar-refractivity contribution < 1.29 is 0 Å². The highest BCUT2D eigenvalue weighted by atomic mass is 15.2. The molecule has 1 saturated heterocycles. The van der Waals surface area contributed by atoms with E-state index in [2.05, 4.69) is 31.0 Å². The number of unbranched alkanes of at least 4 members (excludes halogenated alkanes) is 4. The molecule has 0 spiro atoms. The van der Waals surface area contributed by atoms with Gasteiger partial charge in [0.05, 0.1) is 0 Å². The minimum Gasteiger partial charge on any atom is -0.311 e. The molecule has 2 nitrogen and oxygen atoms in total. The Bertz CT molecular complexity index is 194. The second kappa shape index (κ2) is 9.80. The molecule has 1 rings (SSSR count). The van der Waals surface area contributed by atoms with Crippen LogP contribution in [0.4, 0.5) is 0 Å². The molecule has 108 valence electrons. The summed E-state index contributed by atoms with van der Waals surface area (Å²) in [5.41, 5.74) is 0. The normalized spacial score (nSPS) is 25.5. The molecule has 0 aromatic heterocycles. The molecular weight excluding hydrogens is 220 g/mol. The van der Waals surface area contributed by atoms with E-state index in [4.69, 9.17) is 0 Å². The van der Waals surface area contributed by atoms with Crippen molar-refractivity contribution in [2.24, 2.45) is 0 Å². The first kappa shape index (κ1) is 16.0. The predicted molar refractivity (Wildman–Crippen MR) is 81.1 cm³/mol. The fraction of sp³-hybridized carbons (Fsp3) is 1.00. The highest BCUT2D eigenvalue weighted by molar-refractivity contribution is 4.85. The van der Waals surface area contributed by atoms with Gasteiger partial charge in [0.15, 0.2) is 0 Å². The Labute approximate surface area is 115 Å². The van der Waals surface area contributed by atoms with E-state index in [-0.39, 0.29) is 0 Å². The molecule has 1 aliphatic rings. The summed E-state index contributed by atoms with van der Waals surface area (Å²) in [7, 11) is 0. The van der Waals surface area contributed by atoms with Gasteiger partial charge in [0.25, 0.3) is 0 Å². The number of rotatable bonds is 9. The number of hydrogen-bond acceptors (Lipinski definition) is 2. The lowest BCUT2D eigenvalue weighted by molar-refractivity contribution is 0.118. The third kappa shape index (κ3) is 5.71. The minimum absolute atomic E-state index is 0.730. The first-order valence-electron chi connectivity index (χ1n) is 8.29. The van der Waals surface area contributed by atoms with Gasteiger partial charge < -0.3 is 5.32 Å². The summed E-state index contributed by atoms with van der Waals surface area (Å²) in [6.07, 6.45) is 11.0. The fourth-order valence-electron chi connectivity index (χ4n) is 3.01. The van der Waals surface area contributed by atoms with Gasteiger partial charge in [-0.3, -0.25) is 4.90 Å². The van der Waals surface area contributed by atoms with E-state index in [1.807, 2.05) is 0 Å². The van der Waals surface area contributed by atoms with Crippen LogP contribution in [0.15, 0.2) is 0 Å². The number of nitrogens with zero attached hydrogens (tertiary/aromatic N) is 1. The highest BCUT2D eigenvalue weighted by Gasteiger charge is 2.25. The van der Waals surface area contributed by atoms with Crippen molar-refractivity contribution in [2.75, 3.05) is 19.6 Å². The lowest BCUT2D eigenvalue weighted by Crippen LogP contribution is -2.56. The maximum Gasteiger partial charge on any atom is 0.0221 e. The van der Waals surface area contributed by atoms with Crippen molar-refractivity contribution in [1.82, 2.24) is 10.2 Å². The Kier molecular flexibility index (Phi) is 8.70. The van der Waals surface area contributed by atoms with Crippen LogP contribution in [0.3, 0.4) is 0 Å². The minimum atomic E-state index is 0.730. The van der Waals surface area contributed by atoms with Gasteiger partial charge in [0, 0.05) is 25.2 Å². The second-order valence-electron chi connectivity index (χ2n) is 5.87. The van der Waals surface area contributed by atoms with Gasteiger partial charge in [-0.2, -0.15) is 0 Å². The standard InChI is InChI=1S/C16H34N2/c1-4-7-8-9-10-12-18-14-15(6-3)17-13-16(18)11-5-2/h15-17H,4-14H2,1-3H3. The molecule has 1 heterocycles. The van der Waals surface area contributed by atoms with E-state index in [1.54, 1.807) is 0 Å². The van der Waals surface area contributed by atoms with Crippen molar-refractivity contribution in [3.63, 3.8) is 0 Å². The highest BCUT2D eigenvalue weighted by Crippen LogP contribution is 2.15. The maximum atomic E-state index is 3.70. The van der Waals surface area contributed by atoms with E-state index < -0.39 is 0 Å². The zero-order valence-electron chi connectivity index (χ0n) is 12.9. The van der Waals surface area contributed by atoms with Gasteiger partial charge in [-0.15, -0.1) is 0 Å². The second-order valence-corrected chi connectivity index (χ2v) is 5.87. The smallest absolute Gasteiger partial charge is 0.0221 e. The molecule has 18 heavy (non-hydrogen) atoms. The maximum absolute atomic E-state index is 3.70. The summed E-state index contributed by atoms with van der Waals surface area (Å²) in [6.45, 7) is 10.7. The van der Waals surface area contributed by atoms with Crippen LogP contribution in [0.2, 0.25) is 0 Å². The van der Waals surface area contributed by atoms with Crippen molar-refractivity contribution in [3.05, 3.63) is 0 Å². The predicted octanol–water partition coefficient (Wildman–Crippen LogP) is 3.81. The molecular formula is C16H34N2. The van der Waals surface area contributed by atoms with Gasteiger partial charge in [-0.25, -0.2) is 0 Å². The molecule has 2 unspecified atom stereocenters. The van der Waals surface area contributed by atoms with Crippen molar-refractivity contribution in [3.8, 4) is 0 Å². The summed E-state index contributed by atoms with van der Waals surface area (Å²) >= 11 is 0. The average molecular weight is 254 g/mol. The molecule has 0 radical (unpaired) electrons. The Balaban J connectivity index is 2.26. The molecule has 2 atom stereocenters. The monoisotopic (exact) mass is 254 g/mol. The lowest BCUT2D eigenvalue weighted by atomic mass is 10.0. The first-order chi connectivity index (χ1) is 8.81. The summed E-state index contributed by atoms with van der Waals surface area (Å²) in [5.74, 6) is 0. The Morgan fingerprint density at radius 2 is 1.78 bits per heavy atom. The molecule has 0 amide bonds. The first-order valence-corrected chi connectivity index (χ1v) is 8.29. The van der Waals surface area contributed by atoms with Crippen molar-refractivity contribution in [2.45, 2.75) is 84.2 Å². The molecule has 2 heteroatoms. The van der Waals surface area contributed by atoms with Crippen LogP contribution >= 0.6 is 0 Å². The van der Waals surface area contributed by atoms with Crippen LogP contribution in [0.5, 0.6) is 0 Å². The van der Waals surface area contributed by atoms with Gasteiger partial charge in [-0.1, -0.05) is 52.9 Å². The van der Waals surface area contributed by atoms with Crippen LogP contribution < -0.4 is 5.32 Å². The largest absolute Gasteiger partial charge is 0.311 e. The summed E-state index contributed by atoms with van der Waals surface area (Å²) in [5, 5.41) is 3.70. The van der Waals surface area contributed by atoms with E-state index in [1.165, 1.54) is 71.0 Å². The Hall–Kier alpha value is -0.0800. The quantitative estimate of drug-likeness (QED) is 0.629. The van der Waals surface area contributed by atoms with Gasteiger partial charge in [0.2, 0.25) is 0 Å². The number of piperazine rings is 1. The third-order valence-electron chi connectivity index (χ3n) is 4.28. The van der Waals surface area contributed by atoms with Crippen LogP contribution in [0, 0.1) is 0 Å². The van der Waals surface area contributed by atoms with Crippen LogP contribution in [-0.4, -0.2) is 36.6 Å². The summed E-state index contributed by atoms with van der Waals surface area (Å²) in [4.78, 5) is 2.76. The van der Waals surface area contributed by atoms with Crippen LogP contribution in [-0.2, 0) is 0 Å². The lowest BCUT2D eigenvalue weighted by Gasteiger charge is -2.40. The van der Waals surface area contributed by atoms with Crippen LogP contribution in [0.1, 0.15) is 72.1 Å². The topological polar surface area (TPSA) is 15.3 Å². The molecule has 0 aromatic carbocycles. The molecule has 1 fully saturated rings. The van der Waals surface area contributed by atoms with Crippen molar-refractivity contribution in [1.29, 1.82) is 0 Å². The van der Waals surface area contributed by atoms with E-state index in [0.29, 0.717) is 0 Å². The summed E-state index contributed by atoms with van der Waals surface area (Å²) in [6, 6.07) is 1.53. The number of nitrogens with one attached hydrogen (secondary N) is 1. The molecule has 0 aromatic rings. The number of hydrogen-bond donors (Lipinski definition) is 1. The average Bonchev–Trinajstić information content (AvgIpc) is 2.40. The third-order valence-corrected chi connectivity index (χ3v) is 4.28.